The first kappa shape index (κ1) is 35.4. The van der Waals surface area contributed by atoms with Crippen LogP contribution in [0, 0.1) is 0 Å². The molecular formula is C43H44Cl2N6O2. The number of amides is 1. The number of nitrogens with zero attached hydrogens (tertiary/aromatic N) is 4. The first-order valence-electron chi connectivity index (χ1n) is 18.6. The summed E-state index contributed by atoms with van der Waals surface area (Å²) in [5, 5.41) is 15.5. The molecule has 0 unspecified atom stereocenters. The van der Waals surface area contributed by atoms with Gasteiger partial charge in [-0.25, -0.2) is 4.98 Å². The molecule has 2 aliphatic rings. The number of H-pyrrole nitrogens is 1. The Hall–Kier alpha value is -4.60. The van der Waals surface area contributed by atoms with Crippen molar-refractivity contribution in [1.29, 1.82) is 0 Å². The third kappa shape index (κ3) is 7.21. The Labute approximate surface area is 320 Å². The van der Waals surface area contributed by atoms with Crippen molar-refractivity contribution in [2.24, 2.45) is 0 Å². The highest BCUT2D eigenvalue weighted by molar-refractivity contribution is 6.31. The number of hydrogen-bond donors (Lipinski definition) is 3. The molecule has 2 fully saturated rings. The number of rotatable bonds is 9. The number of piperazine rings is 1. The van der Waals surface area contributed by atoms with Gasteiger partial charge in [-0.15, -0.1) is 0 Å². The van der Waals surface area contributed by atoms with Crippen molar-refractivity contribution in [3.8, 4) is 22.5 Å². The van der Waals surface area contributed by atoms with Crippen LogP contribution in [0.5, 0.6) is 0 Å². The third-order valence-electron chi connectivity index (χ3n) is 11.1. The number of benzene rings is 4. The van der Waals surface area contributed by atoms with E-state index in [1.165, 1.54) is 32.1 Å². The number of aromatic amines is 1. The summed E-state index contributed by atoms with van der Waals surface area (Å²) < 4.78 is 2.13. The third-order valence-corrected chi connectivity index (χ3v) is 11.6. The number of nitrogens with one attached hydrogen (secondary N) is 2. The van der Waals surface area contributed by atoms with Gasteiger partial charge in [-0.1, -0.05) is 97.1 Å². The maximum atomic E-state index is 14.8. The molecule has 1 atom stereocenters. The lowest BCUT2D eigenvalue weighted by Gasteiger charge is -2.42. The van der Waals surface area contributed by atoms with Crippen LogP contribution in [0.2, 0.25) is 10.0 Å². The first-order chi connectivity index (χ1) is 25.9. The average Bonchev–Trinajstić information content (AvgIpc) is 3.80. The van der Waals surface area contributed by atoms with Crippen LogP contribution >= 0.6 is 23.2 Å². The van der Waals surface area contributed by atoms with Crippen molar-refractivity contribution < 1.29 is 9.90 Å². The molecule has 1 saturated carbocycles. The van der Waals surface area contributed by atoms with Gasteiger partial charge >= 0.3 is 0 Å². The molecule has 0 radical (unpaired) electrons. The molecule has 0 bridgehead atoms. The number of halogens is 2. The van der Waals surface area contributed by atoms with Gasteiger partial charge in [0.15, 0.2) is 0 Å². The number of carbonyl (C=O) groups excluding carboxylic acids is 1. The Balaban J connectivity index is 1.21. The van der Waals surface area contributed by atoms with Gasteiger partial charge in [0.05, 0.1) is 41.7 Å². The van der Waals surface area contributed by atoms with Gasteiger partial charge in [0.2, 0.25) is 0 Å². The van der Waals surface area contributed by atoms with E-state index in [1.54, 1.807) is 0 Å². The van der Waals surface area contributed by atoms with Gasteiger partial charge in [-0.05, 0) is 67.3 Å². The summed E-state index contributed by atoms with van der Waals surface area (Å²) in [5.74, 6) is -0.296. The van der Waals surface area contributed by atoms with Crippen molar-refractivity contribution in [3.05, 3.63) is 124 Å². The maximum Gasteiger partial charge on any atom is 0.272 e. The largest absolute Gasteiger partial charge is 0.392 e. The SMILES string of the molecule is C[C@@H](c1ccc(Cl)cc1)n1cnc(-c2ccccc2)c1-c1c(C(=O)Nc2cc(CO)ccc2N2CCN(C3CCCCC3)CC2)[nH]c2cc(Cl)ccc12. The zero-order chi connectivity index (χ0) is 36.5. The average molecular weight is 748 g/mol. The number of imidazole rings is 1. The lowest BCUT2D eigenvalue weighted by Crippen LogP contribution is -2.51. The second kappa shape index (κ2) is 15.4. The van der Waals surface area contributed by atoms with Gasteiger partial charge < -0.3 is 24.9 Å². The van der Waals surface area contributed by atoms with Crippen molar-refractivity contribution in [3.63, 3.8) is 0 Å². The summed E-state index contributed by atoms with van der Waals surface area (Å²) in [6.07, 6.45) is 8.41. The van der Waals surface area contributed by atoms with Gasteiger partial charge in [-0.3, -0.25) is 9.69 Å². The van der Waals surface area contributed by atoms with E-state index in [4.69, 9.17) is 28.2 Å². The van der Waals surface area contributed by atoms with Gasteiger partial charge in [0, 0.05) is 64.3 Å². The van der Waals surface area contributed by atoms with E-state index in [9.17, 15) is 9.90 Å². The fourth-order valence-electron chi connectivity index (χ4n) is 8.21. The van der Waals surface area contributed by atoms with Gasteiger partial charge in [0.25, 0.3) is 5.91 Å². The molecule has 8 rings (SSSR count). The zero-order valence-corrected chi connectivity index (χ0v) is 31.4. The van der Waals surface area contributed by atoms with Crippen LogP contribution in [0.25, 0.3) is 33.4 Å². The van der Waals surface area contributed by atoms with Crippen LogP contribution in [0.4, 0.5) is 11.4 Å². The number of hydrogen-bond acceptors (Lipinski definition) is 5. The second-order valence-electron chi connectivity index (χ2n) is 14.3. The topological polar surface area (TPSA) is 89.4 Å². The summed E-state index contributed by atoms with van der Waals surface area (Å²) in [6.45, 7) is 5.72. The number of aliphatic hydroxyl groups is 1. The predicted octanol–water partition coefficient (Wildman–Crippen LogP) is 9.81. The van der Waals surface area contributed by atoms with E-state index in [-0.39, 0.29) is 18.6 Å². The number of fused-ring (bicyclic) bond motifs is 1. The maximum absolute atomic E-state index is 14.8. The van der Waals surface area contributed by atoms with Crippen molar-refractivity contribution in [1.82, 2.24) is 19.4 Å². The van der Waals surface area contributed by atoms with Crippen molar-refractivity contribution in [2.75, 3.05) is 36.4 Å². The minimum absolute atomic E-state index is 0.128. The molecule has 8 nitrogen and oxygen atoms in total. The van der Waals surface area contributed by atoms with Gasteiger partial charge in [-0.2, -0.15) is 0 Å². The quantitative estimate of drug-likeness (QED) is 0.137. The summed E-state index contributed by atoms with van der Waals surface area (Å²) in [6, 6.07) is 29.9. The number of carbonyl (C=O) groups is 1. The Morgan fingerprint density at radius 2 is 1.64 bits per heavy atom. The normalized spacial score (nSPS) is 16.3. The molecule has 1 saturated heterocycles. The second-order valence-corrected chi connectivity index (χ2v) is 15.2. The smallest absolute Gasteiger partial charge is 0.272 e. The molecule has 0 spiro atoms. The molecule has 1 amide bonds. The lowest BCUT2D eigenvalue weighted by molar-refractivity contribution is 0.102. The molecule has 10 heteroatoms. The molecule has 53 heavy (non-hydrogen) atoms. The molecule has 4 aromatic carbocycles. The highest BCUT2D eigenvalue weighted by atomic mass is 35.5. The summed E-state index contributed by atoms with van der Waals surface area (Å²) >= 11 is 12.8. The summed E-state index contributed by atoms with van der Waals surface area (Å²) in [4.78, 5) is 28.2. The van der Waals surface area contributed by atoms with Crippen molar-refractivity contribution in [2.45, 2.75) is 57.7 Å². The minimum atomic E-state index is -0.296. The lowest BCUT2D eigenvalue weighted by atomic mass is 9.94. The molecule has 2 aromatic heterocycles. The zero-order valence-electron chi connectivity index (χ0n) is 29.9. The highest BCUT2D eigenvalue weighted by Gasteiger charge is 2.30. The Morgan fingerprint density at radius 1 is 0.906 bits per heavy atom. The summed E-state index contributed by atoms with van der Waals surface area (Å²) in [5.41, 5.74) is 7.77. The van der Waals surface area contributed by atoms with E-state index >= 15 is 0 Å². The minimum Gasteiger partial charge on any atom is -0.392 e. The van der Waals surface area contributed by atoms with Crippen LogP contribution < -0.4 is 10.2 Å². The number of aliphatic hydroxyl groups excluding tert-OH is 1. The Morgan fingerprint density at radius 3 is 2.38 bits per heavy atom. The van der Waals surface area contributed by atoms with E-state index < -0.39 is 0 Å². The fraction of sp³-hybridized carbons (Fsp3) is 0.302. The number of anilines is 2. The Bertz CT molecular complexity index is 2220. The molecule has 6 aromatic rings. The van der Waals surface area contributed by atoms with Crippen LogP contribution in [-0.4, -0.2) is 62.7 Å². The summed E-state index contributed by atoms with van der Waals surface area (Å²) in [7, 11) is 0. The molecule has 3 heterocycles. The van der Waals surface area contributed by atoms with Gasteiger partial charge in [0.1, 0.15) is 5.69 Å². The highest BCUT2D eigenvalue weighted by Crippen LogP contribution is 2.42. The molecular weight excluding hydrogens is 703 g/mol. The van der Waals surface area contributed by atoms with E-state index in [1.807, 2.05) is 97.3 Å². The predicted molar refractivity (Wildman–Crippen MR) is 216 cm³/mol. The van der Waals surface area contributed by atoms with Crippen LogP contribution in [-0.2, 0) is 6.61 Å². The van der Waals surface area contributed by atoms with E-state index in [0.29, 0.717) is 27.5 Å². The monoisotopic (exact) mass is 746 g/mol. The van der Waals surface area contributed by atoms with E-state index in [2.05, 4.69) is 31.6 Å². The fourth-order valence-corrected chi connectivity index (χ4v) is 8.51. The standard InChI is InChI=1S/C43H44Cl2N6O2/c1-28(30-13-15-32(44)16-14-30)51-27-46-40(31-8-4-2-5-9-31)42(51)39-35-18-17-33(45)25-36(35)47-41(39)43(53)48-37-24-29(26-52)12-19-38(37)50-22-20-49(21-23-50)34-10-6-3-7-11-34/h2,4-5,8-9,12-19,24-25,27-28,34,47,52H,3,6-7,10-11,20-23,26H2,1H3,(H,48,53)/t28-/m0/s1. The van der Waals surface area contributed by atoms with Crippen LogP contribution in [0.3, 0.4) is 0 Å². The van der Waals surface area contributed by atoms with Crippen LogP contribution in [0.1, 0.15) is 66.7 Å². The molecule has 1 aliphatic heterocycles. The van der Waals surface area contributed by atoms with Crippen LogP contribution in [0.15, 0.2) is 97.3 Å². The Kier molecular flexibility index (Phi) is 10.3. The number of aromatic nitrogens is 3. The van der Waals surface area contributed by atoms with E-state index in [0.717, 1.165) is 76.4 Å². The van der Waals surface area contributed by atoms with Crippen molar-refractivity contribution >= 4 is 51.4 Å². The first-order valence-corrected chi connectivity index (χ1v) is 19.4. The molecule has 272 valence electrons. The molecule has 1 aliphatic carbocycles. The molecule has 3 N–H and O–H groups in total.